The minimum Gasteiger partial charge on any atom is -0.460 e. The van der Waals surface area contributed by atoms with Gasteiger partial charge in [-0.1, -0.05) is 128 Å². The Hall–Kier alpha value is -6.85. The zero-order valence-electron chi connectivity index (χ0n) is 28.9. The fourth-order valence-electron chi connectivity index (χ4n) is 8.10. The van der Waals surface area contributed by atoms with Crippen LogP contribution in [0.25, 0.3) is 93.9 Å². The van der Waals surface area contributed by atoms with Crippen molar-refractivity contribution >= 4 is 60.0 Å². The first-order chi connectivity index (χ1) is 26.2. The van der Waals surface area contributed by atoms with Crippen molar-refractivity contribution in [1.29, 1.82) is 0 Å². The van der Waals surface area contributed by atoms with E-state index in [1.54, 1.807) is 0 Å². The van der Waals surface area contributed by atoms with Crippen molar-refractivity contribution in [2.75, 3.05) is 0 Å². The molecule has 3 aromatic heterocycles. The number of benzene rings is 7. The van der Waals surface area contributed by atoms with E-state index in [-0.39, 0.29) is 5.92 Å². The summed E-state index contributed by atoms with van der Waals surface area (Å²) in [5.41, 5.74) is 8.63. The normalized spacial score (nSPS) is 14.4. The van der Waals surface area contributed by atoms with Gasteiger partial charge in [-0.15, -0.1) is 0 Å². The molecule has 5 nitrogen and oxygen atoms in total. The molecule has 1 aliphatic rings. The van der Waals surface area contributed by atoms with Crippen LogP contribution >= 0.6 is 0 Å². The van der Waals surface area contributed by atoms with Crippen LogP contribution in [0.5, 0.6) is 0 Å². The lowest BCUT2D eigenvalue weighted by atomic mass is 9.87. The maximum Gasteiger partial charge on any atom is 0.164 e. The van der Waals surface area contributed by atoms with Gasteiger partial charge in [0.1, 0.15) is 22.5 Å². The molecule has 1 atom stereocenters. The Balaban J connectivity index is 1.11. The van der Waals surface area contributed by atoms with Gasteiger partial charge in [0.15, 0.2) is 17.5 Å². The van der Waals surface area contributed by atoms with Crippen LogP contribution in [0.4, 0.5) is 0 Å². The summed E-state index contributed by atoms with van der Waals surface area (Å²) in [5.74, 6) is 3.01. The van der Waals surface area contributed by atoms with Crippen molar-refractivity contribution in [1.82, 2.24) is 15.0 Å². The zero-order valence-corrected chi connectivity index (χ0v) is 28.9. The first kappa shape index (κ1) is 29.8. The number of para-hydroxylation sites is 1. The van der Waals surface area contributed by atoms with Gasteiger partial charge >= 0.3 is 0 Å². The second-order valence-electron chi connectivity index (χ2n) is 14.0. The minimum absolute atomic E-state index is 0.206. The topological polar surface area (TPSA) is 65.0 Å². The Morgan fingerprint density at radius 2 is 1.15 bits per heavy atom. The van der Waals surface area contributed by atoms with Crippen molar-refractivity contribution in [2.45, 2.75) is 19.3 Å². The molecule has 1 unspecified atom stereocenters. The number of hydrogen-bond acceptors (Lipinski definition) is 5. The Morgan fingerprint density at radius 3 is 2.04 bits per heavy atom. The predicted molar refractivity (Wildman–Crippen MR) is 215 cm³/mol. The summed E-state index contributed by atoms with van der Waals surface area (Å²) in [6, 6.07) is 50.7. The minimum atomic E-state index is 0.206. The van der Waals surface area contributed by atoms with Crippen LogP contribution in [0.2, 0.25) is 0 Å². The number of nitrogens with zero attached hydrogens (tertiary/aromatic N) is 3. The average Bonchev–Trinajstić information content (AvgIpc) is 3.80. The predicted octanol–water partition coefficient (Wildman–Crippen LogP) is 12.8. The maximum atomic E-state index is 6.67. The Labute approximate surface area is 304 Å². The Kier molecular flexibility index (Phi) is 6.52. The zero-order chi connectivity index (χ0) is 35.0. The number of aromatic nitrogens is 3. The van der Waals surface area contributed by atoms with Gasteiger partial charge in [-0.3, -0.25) is 0 Å². The highest BCUT2D eigenvalue weighted by Gasteiger charge is 2.29. The standard InChI is InChI=1S/C48H31N3O2/c1-28-18-24-37(44-39-27-33(23-25-41(39)53-45(28)44)32-22-21-30-20-19-29-10-5-6-13-34(29)38(30)26-32)48-50-46(31-11-3-2-4-12-31)49-47(51-48)36-15-9-17-42-43(36)35-14-7-8-16-40(35)52-42/h2-17,19-28H,18H2,1H3. The fraction of sp³-hybridized carbons (Fsp3) is 0.0625. The number of hydrogen-bond donors (Lipinski definition) is 0. The highest BCUT2D eigenvalue weighted by atomic mass is 16.3. The molecule has 0 radical (unpaired) electrons. The average molecular weight is 682 g/mol. The van der Waals surface area contributed by atoms with E-state index in [2.05, 4.69) is 97.9 Å². The summed E-state index contributed by atoms with van der Waals surface area (Å²) in [4.78, 5) is 15.6. The molecule has 0 amide bonds. The molecule has 7 aromatic carbocycles. The molecule has 5 heteroatoms. The smallest absolute Gasteiger partial charge is 0.164 e. The molecular formula is C48H31N3O2. The summed E-state index contributed by atoms with van der Waals surface area (Å²) in [7, 11) is 0. The van der Waals surface area contributed by atoms with Crippen LogP contribution in [0.3, 0.4) is 0 Å². The van der Waals surface area contributed by atoms with Gasteiger partial charge in [-0.2, -0.15) is 0 Å². The van der Waals surface area contributed by atoms with Crippen molar-refractivity contribution in [3.8, 4) is 33.9 Å². The third-order valence-corrected chi connectivity index (χ3v) is 10.7. The first-order valence-electron chi connectivity index (χ1n) is 18.1. The summed E-state index contributed by atoms with van der Waals surface area (Å²) in [5, 5.41) is 8.05. The summed E-state index contributed by atoms with van der Waals surface area (Å²) < 4.78 is 12.9. The molecule has 1 aliphatic carbocycles. The van der Waals surface area contributed by atoms with Crippen LogP contribution in [0.15, 0.2) is 161 Å². The van der Waals surface area contributed by atoms with E-state index in [1.165, 1.54) is 21.5 Å². The molecular weight excluding hydrogens is 651 g/mol. The highest BCUT2D eigenvalue weighted by Crippen LogP contribution is 2.45. The monoisotopic (exact) mass is 681 g/mol. The third kappa shape index (κ3) is 4.74. The summed E-state index contributed by atoms with van der Waals surface area (Å²) in [6.07, 6.45) is 3.09. The molecule has 11 rings (SSSR count). The lowest BCUT2D eigenvalue weighted by molar-refractivity contribution is 0.502. The number of fused-ring (bicyclic) bond motifs is 9. The van der Waals surface area contributed by atoms with Crippen LogP contribution in [-0.4, -0.2) is 15.0 Å². The number of rotatable bonds is 4. The molecule has 0 saturated carbocycles. The van der Waals surface area contributed by atoms with Crippen molar-refractivity contribution in [2.24, 2.45) is 0 Å². The van der Waals surface area contributed by atoms with E-state index < -0.39 is 0 Å². The van der Waals surface area contributed by atoms with E-state index in [0.717, 1.165) is 78.5 Å². The van der Waals surface area contributed by atoms with Gasteiger partial charge in [0.2, 0.25) is 0 Å². The molecule has 3 heterocycles. The largest absolute Gasteiger partial charge is 0.460 e. The van der Waals surface area contributed by atoms with Crippen LogP contribution in [-0.2, 0) is 0 Å². The lowest BCUT2D eigenvalue weighted by Crippen LogP contribution is -2.08. The number of allylic oxidation sites excluding steroid dienone is 1. The fourth-order valence-corrected chi connectivity index (χ4v) is 8.10. The van der Waals surface area contributed by atoms with Gasteiger partial charge in [-0.25, -0.2) is 15.0 Å². The van der Waals surface area contributed by atoms with Crippen molar-refractivity contribution in [3.63, 3.8) is 0 Å². The second kappa shape index (κ2) is 11.6. The molecule has 0 bridgehead atoms. The quantitative estimate of drug-likeness (QED) is 0.173. The molecule has 0 aliphatic heterocycles. The lowest BCUT2D eigenvalue weighted by Gasteiger charge is -2.18. The molecule has 10 aromatic rings. The van der Waals surface area contributed by atoms with E-state index >= 15 is 0 Å². The molecule has 250 valence electrons. The van der Waals surface area contributed by atoms with Crippen LogP contribution in [0, 0.1) is 0 Å². The second-order valence-corrected chi connectivity index (χ2v) is 14.0. The van der Waals surface area contributed by atoms with Crippen LogP contribution in [0.1, 0.15) is 36.4 Å². The Bertz CT molecular complexity index is 3120. The van der Waals surface area contributed by atoms with Gasteiger partial charge < -0.3 is 8.83 Å². The van der Waals surface area contributed by atoms with Gasteiger partial charge in [0.25, 0.3) is 0 Å². The molecule has 0 spiro atoms. The SMILES string of the molecule is CC1CC=C(c2nc(-c3ccccc3)nc(-c3cccc4oc5ccccc5c34)n2)c2c1oc1ccc(-c3ccc4ccc5ccccc5c4c3)cc21. The third-order valence-electron chi connectivity index (χ3n) is 10.7. The maximum absolute atomic E-state index is 6.67. The van der Waals surface area contributed by atoms with E-state index in [0.29, 0.717) is 17.5 Å². The van der Waals surface area contributed by atoms with Gasteiger partial charge in [-0.05, 0) is 69.4 Å². The summed E-state index contributed by atoms with van der Waals surface area (Å²) in [6.45, 7) is 2.22. The highest BCUT2D eigenvalue weighted by molar-refractivity contribution is 6.12. The van der Waals surface area contributed by atoms with E-state index in [4.69, 9.17) is 23.8 Å². The number of furan rings is 2. The Morgan fingerprint density at radius 1 is 0.491 bits per heavy atom. The summed E-state index contributed by atoms with van der Waals surface area (Å²) >= 11 is 0. The van der Waals surface area contributed by atoms with Crippen molar-refractivity contribution < 1.29 is 8.83 Å². The van der Waals surface area contributed by atoms with Gasteiger partial charge in [0.05, 0.1) is 0 Å². The molecule has 0 fully saturated rings. The molecule has 0 N–H and O–H groups in total. The first-order valence-corrected chi connectivity index (χ1v) is 18.1. The molecule has 53 heavy (non-hydrogen) atoms. The molecule has 0 saturated heterocycles. The van der Waals surface area contributed by atoms with Crippen LogP contribution < -0.4 is 0 Å². The van der Waals surface area contributed by atoms with E-state index in [9.17, 15) is 0 Å². The van der Waals surface area contributed by atoms with Gasteiger partial charge in [0, 0.05) is 44.3 Å². The van der Waals surface area contributed by atoms with E-state index in [1.807, 2.05) is 60.7 Å². The van der Waals surface area contributed by atoms with Crippen molar-refractivity contribution in [3.05, 3.63) is 169 Å².